The van der Waals surface area contributed by atoms with Crippen LogP contribution in [0.5, 0.6) is 11.5 Å². The molecular formula is C17H25NO3. The molecule has 0 bridgehead atoms. The first-order valence-corrected chi connectivity index (χ1v) is 7.82. The van der Waals surface area contributed by atoms with Crippen molar-refractivity contribution in [1.29, 1.82) is 0 Å². The first kappa shape index (κ1) is 14.7. The Balaban J connectivity index is 1.68. The van der Waals surface area contributed by atoms with Crippen LogP contribution in [0.1, 0.15) is 37.8 Å². The van der Waals surface area contributed by atoms with Crippen molar-refractivity contribution < 1.29 is 14.2 Å². The Bertz CT molecular complexity index is 487. The monoisotopic (exact) mass is 291 g/mol. The van der Waals surface area contributed by atoms with Crippen LogP contribution in [0, 0.1) is 5.92 Å². The van der Waals surface area contributed by atoms with E-state index in [1.165, 1.54) is 18.4 Å². The van der Waals surface area contributed by atoms with Crippen molar-refractivity contribution in [2.45, 2.75) is 44.4 Å². The van der Waals surface area contributed by atoms with E-state index in [1.807, 2.05) is 6.07 Å². The lowest BCUT2D eigenvalue weighted by molar-refractivity contribution is 0.0793. The second-order valence-corrected chi connectivity index (χ2v) is 6.07. The summed E-state index contributed by atoms with van der Waals surface area (Å²) in [5.74, 6) is 2.33. The van der Waals surface area contributed by atoms with Gasteiger partial charge in [0.1, 0.15) is 0 Å². The summed E-state index contributed by atoms with van der Waals surface area (Å²) in [6.45, 7) is 3.08. The van der Waals surface area contributed by atoms with Crippen LogP contribution in [-0.4, -0.2) is 33.0 Å². The fourth-order valence-corrected chi connectivity index (χ4v) is 3.22. The molecule has 3 atom stereocenters. The molecule has 21 heavy (non-hydrogen) atoms. The summed E-state index contributed by atoms with van der Waals surface area (Å²) >= 11 is 0. The highest BCUT2D eigenvalue weighted by Gasteiger charge is 2.40. The van der Waals surface area contributed by atoms with Crippen LogP contribution in [0.2, 0.25) is 0 Å². The fourth-order valence-electron chi connectivity index (χ4n) is 3.22. The van der Waals surface area contributed by atoms with Gasteiger partial charge in [-0.2, -0.15) is 0 Å². The van der Waals surface area contributed by atoms with Crippen molar-refractivity contribution >= 4 is 0 Å². The van der Waals surface area contributed by atoms with Crippen molar-refractivity contribution in [2.24, 2.45) is 5.92 Å². The van der Waals surface area contributed by atoms with E-state index < -0.39 is 0 Å². The molecule has 3 unspecified atom stereocenters. The Morgan fingerprint density at radius 1 is 1.14 bits per heavy atom. The van der Waals surface area contributed by atoms with Gasteiger partial charge in [-0.05, 0) is 49.8 Å². The van der Waals surface area contributed by atoms with E-state index in [0.29, 0.717) is 12.1 Å². The molecule has 1 saturated carbocycles. The van der Waals surface area contributed by atoms with E-state index in [1.54, 1.807) is 14.2 Å². The van der Waals surface area contributed by atoms with E-state index in [0.717, 1.165) is 30.4 Å². The van der Waals surface area contributed by atoms with E-state index >= 15 is 0 Å². The summed E-state index contributed by atoms with van der Waals surface area (Å²) in [5.41, 5.74) is 1.22. The molecule has 1 heterocycles. The van der Waals surface area contributed by atoms with Crippen LogP contribution in [0.15, 0.2) is 18.2 Å². The molecule has 1 saturated heterocycles. The molecule has 3 rings (SSSR count). The second-order valence-electron chi connectivity index (χ2n) is 6.07. The third kappa shape index (κ3) is 3.16. The highest BCUT2D eigenvalue weighted by atomic mass is 16.5. The van der Waals surface area contributed by atoms with Crippen LogP contribution in [-0.2, 0) is 4.74 Å². The van der Waals surface area contributed by atoms with Crippen LogP contribution in [0.3, 0.4) is 0 Å². The lowest BCUT2D eigenvalue weighted by atomic mass is 10.0. The molecule has 4 nitrogen and oxygen atoms in total. The first-order valence-electron chi connectivity index (χ1n) is 7.82. The Kier molecular flexibility index (Phi) is 4.36. The molecule has 116 valence electrons. The Morgan fingerprint density at radius 3 is 2.57 bits per heavy atom. The zero-order valence-electron chi connectivity index (χ0n) is 13.1. The van der Waals surface area contributed by atoms with Gasteiger partial charge in [-0.15, -0.1) is 0 Å². The second kappa shape index (κ2) is 6.24. The van der Waals surface area contributed by atoms with Gasteiger partial charge >= 0.3 is 0 Å². The van der Waals surface area contributed by atoms with E-state index in [-0.39, 0.29) is 6.04 Å². The minimum Gasteiger partial charge on any atom is -0.493 e. The van der Waals surface area contributed by atoms with Gasteiger partial charge in [0.25, 0.3) is 0 Å². The van der Waals surface area contributed by atoms with Gasteiger partial charge in [-0.3, -0.25) is 0 Å². The Morgan fingerprint density at radius 2 is 1.90 bits per heavy atom. The highest BCUT2D eigenvalue weighted by molar-refractivity contribution is 5.43. The summed E-state index contributed by atoms with van der Waals surface area (Å²) in [5, 5.41) is 3.73. The highest BCUT2D eigenvalue weighted by Crippen LogP contribution is 2.39. The molecule has 2 fully saturated rings. The molecule has 4 heteroatoms. The largest absolute Gasteiger partial charge is 0.493 e. The number of hydrogen-bond acceptors (Lipinski definition) is 4. The number of benzene rings is 1. The number of methoxy groups -OCH3 is 2. The lowest BCUT2D eigenvalue weighted by Crippen LogP contribution is -2.39. The summed E-state index contributed by atoms with van der Waals surface area (Å²) in [6.07, 6.45) is 4.17. The average molecular weight is 291 g/mol. The third-order valence-corrected chi connectivity index (χ3v) is 4.59. The van der Waals surface area contributed by atoms with Crippen LogP contribution in [0.25, 0.3) is 0 Å². The van der Waals surface area contributed by atoms with Gasteiger partial charge in [0, 0.05) is 18.7 Å². The van der Waals surface area contributed by atoms with E-state index in [4.69, 9.17) is 14.2 Å². The summed E-state index contributed by atoms with van der Waals surface area (Å²) < 4.78 is 16.6. The van der Waals surface area contributed by atoms with Gasteiger partial charge in [0.15, 0.2) is 11.5 Å². The summed E-state index contributed by atoms with van der Waals surface area (Å²) in [7, 11) is 3.34. The Labute approximate surface area is 126 Å². The van der Waals surface area contributed by atoms with Crippen molar-refractivity contribution in [3.05, 3.63) is 23.8 Å². The van der Waals surface area contributed by atoms with E-state index in [9.17, 15) is 0 Å². The summed E-state index contributed by atoms with van der Waals surface area (Å²) in [6, 6.07) is 6.87. The smallest absolute Gasteiger partial charge is 0.161 e. The topological polar surface area (TPSA) is 39.7 Å². The average Bonchev–Trinajstić information content (AvgIpc) is 3.26. The molecule has 0 spiro atoms. The quantitative estimate of drug-likeness (QED) is 0.875. The number of nitrogens with one attached hydrogen (secondary N) is 1. The maximum absolute atomic E-state index is 5.90. The standard InChI is InChI=1S/C17H25NO3/c1-11(13-6-7-15(19-2)16(10-13)20-3)18-14-8-9-21-17(14)12-4-5-12/h6-7,10-12,14,17-18H,4-5,8-9H2,1-3H3. The molecule has 0 amide bonds. The van der Waals surface area contributed by atoms with Gasteiger partial charge in [0.2, 0.25) is 0 Å². The molecule has 0 aromatic heterocycles. The van der Waals surface area contributed by atoms with Crippen molar-refractivity contribution in [1.82, 2.24) is 5.32 Å². The minimum atomic E-state index is 0.276. The van der Waals surface area contributed by atoms with Gasteiger partial charge in [0.05, 0.1) is 20.3 Å². The van der Waals surface area contributed by atoms with Gasteiger partial charge < -0.3 is 19.5 Å². The molecule has 0 radical (unpaired) electrons. The van der Waals surface area contributed by atoms with Crippen molar-refractivity contribution in [2.75, 3.05) is 20.8 Å². The molecule has 2 aliphatic rings. The van der Waals surface area contributed by atoms with Crippen molar-refractivity contribution in [3.8, 4) is 11.5 Å². The molecule has 1 aromatic carbocycles. The zero-order chi connectivity index (χ0) is 14.8. The molecular weight excluding hydrogens is 266 g/mol. The van der Waals surface area contributed by atoms with Gasteiger partial charge in [-0.25, -0.2) is 0 Å². The normalized spacial score (nSPS) is 26.6. The molecule has 1 N–H and O–H groups in total. The van der Waals surface area contributed by atoms with Gasteiger partial charge in [-0.1, -0.05) is 6.07 Å². The van der Waals surface area contributed by atoms with Crippen molar-refractivity contribution in [3.63, 3.8) is 0 Å². The van der Waals surface area contributed by atoms with Crippen LogP contribution < -0.4 is 14.8 Å². The predicted octanol–water partition coefficient (Wildman–Crippen LogP) is 2.92. The predicted molar refractivity (Wildman–Crippen MR) is 82.0 cm³/mol. The number of hydrogen-bond donors (Lipinski definition) is 1. The minimum absolute atomic E-state index is 0.276. The van der Waals surface area contributed by atoms with Crippen LogP contribution in [0.4, 0.5) is 0 Å². The molecule has 1 aromatic rings. The fraction of sp³-hybridized carbons (Fsp3) is 0.647. The number of rotatable bonds is 6. The zero-order valence-corrected chi connectivity index (χ0v) is 13.1. The van der Waals surface area contributed by atoms with E-state index in [2.05, 4.69) is 24.4 Å². The van der Waals surface area contributed by atoms with Crippen LogP contribution >= 0.6 is 0 Å². The number of ether oxygens (including phenoxy) is 3. The lowest BCUT2D eigenvalue weighted by Gasteiger charge is -2.24. The molecule has 1 aliphatic heterocycles. The SMILES string of the molecule is COc1ccc(C(C)NC2CCOC2C2CC2)cc1OC. The maximum Gasteiger partial charge on any atom is 0.161 e. The third-order valence-electron chi connectivity index (χ3n) is 4.59. The Hall–Kier alpha value is -1.26. The first-order chi connectivity index (χ1) is 10.2. The molecule has 1 aliphatic carbocycles. The maximum atomic E-state index is 5.90. The summed E-state index contributed by atoms with van der Waals surface area (Å²) in [4.78, 5) is 0.